The second-order valence-electron chi connectivity index (χ2n) is 9.39. The molecule has 159 valence electrons. The van der Waals surface area contributed by atoms with Gasteiger partial charge >= 0.3 is 0 Å². The van der Waals surface area contributed by atoms with Crippen LogP contribution in [0.1, 0.15) is 35.8 Å². The zero-order valence-corrected chi connectivity index (χ0v) is 21.9. The monoisotopic (exact) mass is 467 g/mol. The Kier molecular flexibility index (Phi) is 4.80. The van der Waals surface area contributed by atoms with Gasteiger partial charge in [-0.2, -0.15) is 0 Å². The lowest BCUT2D eigenvalue weighted by atomic mass is 9.82. The van der Waals surface area contributed by atoms with Crippen LogP contribution in [-0.4, -0.2) is 14.0 Å². The van der Waals surface area contributed by atoms with Crippen molar-refractivity contribution in [1.82, 2.24) is 0 Å². The van der Waals surface area contributed by atoms with E-state index in [4.69, 9.17) is 0 Å². The average Bonchev–Trinajstić information content (AvgIpc) is 3.46. The third-order valence-corrected chi connectivity index (χ3v) is 11.4. The molecule has 0 N–H and O–H groups in total. The Hall–Kier alpha value is -2.07. The number of thioether (sulfide) groups is 1. The van der Waals surface area contributed by atoms with Crippen molar-refractivity contribution in [2.45, 2.75) is 45.0 Å². The molecule has 32 heavy (non-hydrogen) atoms. The highest BCUT2D eigenvalue weighted by molar-refractivity contribution is 8.05. The molecule has 3 heteroatoms. The minimum absolute atomic E-state index is 0.373. The Balaban J connectivity index is 1.56. The van der Waals surface area contributed by atoms with Gasteiger partial charge in [0.25, 0.3) is 0 Å². The largest absolute Gasteiger partial charge is 0.141 e. The molecule has 0 spiro atoms. The first kappa shape index (κ1) is 20.5. The lowest BCUT2D eigenvalue weighted by molar-refractivity contribution is 0.974. The number of rotatable bonds is 3. The summed E-state index contributed by atoms with van der Waals surface area (Å²) in [6, 6.07) is 20.2. The number of aryl methyl sites for hydroxylation is 1. The number of benzene rings is 2. The standard InChI is InChI=1S/C29H27S2Si/c1-16-14-22-20(19-10-7-6-8-11-19)12-9-13-21(22)24(16)25-18(3)31-28-26(25)23-15-17(2)30-27(23)29(28)32(4)5/h6-15,24,28H,1-5H3. The Labute approximate surface area is 200 Å². The molecule has 0 saturated carbocycles. The fourth-order valence-electron chi connectivity index (χ4n) is 5.81. The molecule has 1 radical (unpaired) electrons. The average molecular weight is 468 g/mol. The molecule has 0 fully saturated rings. The molecular weight excluding hydrogens is 441 g/mol. The molecule has 2 unspecified atom stereocenters. The van der Waals surface area contributed by atoms with Gasteiger partial charge in [0.05, 0.1) is 14.0 Å². The van der Waals surface area contributed by atoms with Gasteiger partial charge in [-0.05, 0) is 75.6 Å². The highest BCUT2D eigenvalue weighted by atomic mass is 32.2. The van der Waals surface area contributed by atoms with Crippen molar-refractivity contribution >= 4 is 48.7 Å². The molecule has 2 heterocycles. The Morgan fingerprint density at radius 1 is 0.875 bits per heavy atom. The molecule has 3 aromatic rings. The highest BCUT2D eigenvalue weighted by Gasteiger charge is 2.42. The van der Waals surface area contributed by atoms with Crippen LogP contribution in [0.5, 0.6) is 0 Å². The predicted molar refractivity (Wildman–Crippen MR) is 145 cm³/mol. The normalized spacial score (nSPS) is 21.4. The van der Waals surface area contributed by atoms with Crippen molar-refractivity contribution in [2.24, 2.45) is 0 Å². The molecule has 6 rings (SSSR count). The first-order chi connectivity index (χ1) is 15.5. The summed E-state index contributed by atoms with van der Waals surface area (Å²) < 4.78 is 1.59. The van der Waals surface area contributed by atoms with Crippen LogP contribution in [0.25, 0.3) is 28.0 Å². The number of hydrogen-bond acceptors (Lipinski definition) is 2. The topological polar surface area (TPSA) is 0 Å². The Bertz CT molecular complexity index is 1450. The molecule has 0 amide bonds. The van der Waals surface area contributed by atoms with E-state index in [1.165, 1.54) is 37.6 Å². The quantitative estimate of drug-likeness (QED) is 0.377. The van der Waals surface area contributed by atoms with Gasteiger partial charge in [-0.25, -0.2) is 0 Å². The summed E-state index contributed by atoms with van der Waals surface area (Å²) in [5.41, 5.74) is 10.3. The minimum Gasteiger partial charge on any atom is -0.141 e. The van der Waals surface area contributed by atoms with E-state index >= 15 is 0 Å². The van der Waals surface area contributed by atoms with Gasteiger partial charge in [-0.15, -0.1) is 23.1 Å². The van der Waals surface area contributed by atoms with Crippen molar-refractivity contribution in [3.8, 4) is 11.1 Å². The molecule has 0 nitrogen and oxygen atoms in total. The van der Waals surface area contributed by atoms with Gasteiger partial charge in [-0.1, -0.05) is 73.3 Å². The minimum atomic E-state index is -0.504. The van der Waals surface area contributed by atoms with Crippen LogP contribution in [0.15, 0.2) is 70.6 Å². The first-order valence-corrected chi connectivity index (χ1v) is 15.5. The van der Waals surface area contributed by atoms with Crippen molar-refractivity contribution < 1.29 is 0 Å². The van der Waals surface area contributed by atoms with E-state index in [9.17, 15) is 0 Å². The second-order valence-corrected chi connectivity index (χ2v) is 14.5. The van der Waals surface area contributed by atoms with E-state index in [2.05, 4.69) is 106 Å². The summed E-state index contributed by atoms with van der Waals surface area (Å²) in [5, 5.41) is 3.83. The molecule has 2 aromatic carbocycles. The SMILES string of the molecule is CC1=Cc2c(-c3ccccc3)cccc2C1C1=C(C)SC2C1=c1cc(C)sc1=C2[Si](C)C. The first-order valence-electron chi connectivity index (χ1n) is 11.4. The van der Waals surface area contributed by atoms with Crippen molar-refractivity contribution in [2.75, 3.05) is 0 Å². The maximum Gasteiger partial charge on any atom is 0.0775 e. The van der Waals surface area contributed by atoms with E-state index in [1.54, 1.807) is 26.1 Å². The fourth-order valence-corrected chi connectivity index (χ4v) is 11.1. The molecule has 3 aliphatic rings. The molecule has 0 saturated heterocycles. The van der Waals surface area contributed by atoms with E-state index in [0.717, 1.165) is 0 Å². The van der Waals surface area contributed by atoms with Gasteiger partial charge < -0.3 is 0 Å². The summed E-state index contributed by atoms with van der Waals surface area (Å²) in [6.07, 6.45) is 2.45. The summed E-state index contributed by atoms with van der Waals surface area (Å²) in [7, 11) is -0.504. The maximum absolute atomic E-state index is 2.47. The molecule has 1 aromatic heterocycles. The zero-order valence-electron chi connectivity index (χ0n) is 19.2. The zero-order chi connectivity index (χ0) is 22.1. The summed E-state index contributed by atoms with van der Waals surface area (Å²) in [4.78, 5) is 2.97. The smallest absolute Gasteiger partial charge is 0.0775 e. The summed E-state index contributed by atoms with van der Waals surface area (Å²) in [6.45, 7) is 11.9. The third kappa shape index (κ3) is 2.87. The molecule has 1 aliphatic heterocycles. The van der Waals surface area contributed by atoms with Gasteiger partial charge in [0.1, 0.15) is 0 Å². The molecule has 0 bridgehead atoms. The Morgan fingerprint density at radius 2 is 1.66 bits per heavy atom. The van der Waals surface area contributed by atoms with Crippen molar-refractivity contribution in [3.05, 3.63) is 96.4 Å². The van der Waals surface area contributed by atoms with E-state index in [1.807, 2.05) is 11.3 Å². The van der Waals surface area contributed by atoms with Crippen LogP contribution in [-0.2, 0) is 0 Å². The van der Waals surface area contributed by atoms with Crippen molar-refractivity contribution in [1.29, 1.82) is 0 Å². The van der Waals surface area contributed by atoms with E-state index in [0.29, 0.717) is 11.2 Å². The van der Waals surface area contributed by atoms with Gasteiger partial charge in [0, 0.05) is 15.3 Å². The highest BCUT2D eigenvalue weighted by Crippen LogP contribution is 2.56. The maximum atomic E-state index is 2.47. The van der Waals surface area contributed by atoms with Gasteiger partial charge in [0.2, 0.25) is 0 Å². The van der Waals surface area contributed by atoms with Gasteiger partial charge in [0.15, 0.2) is 0 Å². The van der Waals surface area contributed by atoms with Crippen LogP contribution in [0.2, 0.25) is 13.1 Å². The van der Waals surface area contributed by atoms with Crippen LogP contribution in [0.3, 0.4) is 0 Å². The van der Waals surface area contributed by atoms with Crippen LogP contribution >= 0.6 is 23.1 Å². The molecular formula is C29H27S2Si. The Morgan fingerprint density at radius 3 is 2.41 bits per heavy atom. The molecule has 2 atom stereocenters. The second kappa shape index (κ2) is 7.48. The number of allylic oxidation sites excluding steroid dienone is 3. The number of hydrogen-bond donors (Lipinski definition) is 0. The van der Waals surface area contributed by atoms with Crippen LogP contribution < -0.4 is 9.75 Å². The van der Waals surface area contributed by atoms with E-state index in [-0.39, 0.29) is 0 Å². The number of fused-ring (bicyclic) bond motifs is 3. The van der Waals surface area contributed by atoms with Crippen molar-refractivity contribution in [3.63, 3.8) is 0 Å². The van der Waals surface area contributed by atoms with E-state index < -0.39 is 8.80 Å². The fraction of sp³-hybridized carbons (Fsp3) is 0.241. The summed E-state index contributed by atoms with van der Waals surface area (Å²) in [5.74, 6) is 0.373. The van der Waals surface area contributed by atoms with Crippen LogP contribution in [0.4, 0.5) is 0 Å². The predicted octanol–water partition coefficient (Wildman–Crippen LogP) is 6.92. The lowest BCUT2D eigenvalue weighted by Gasteiger charge is -2.21. The summed E-state index contributed by atoms with van der Waals surface area (Å²) >= 11 is 4.14. The molecule has 2 aliphatic carbocycles. The van der Waals surface area contributed by atoms with Gasteiger partial charge in [-0.3, -0.25) is 0 Å². The third-order valence-electron chi connectivity index (χ3n) is 7.07. The number of thiophene rings is 1. The lowest BCUT2D eigenvalue weighted by Crippen LogP contribution is -2.22. The van der Waals surface area contributed by atoms with Crippen LogP contribution in [0, 0.1) is 6.92 Å².